The standard InChI is InChI=1S/C20H25N/c1-17(21-14-8-9-15-21)16-20(18-10-4-2-5-11-18)19-12-6-3-7-13-19/h2-7,10-13,17,20H,8-9,14-16H2,1H3. The first-order chi connectivity index (χ1) is 10.3. The lowest BCUT2D eigenvalue weighted by Gasteiger charge is -2.28. The minimum absolute atomic E-state index is 0.503. The first-order valence-electron chi connectivity index (χ1n) is 8.18. The van der Waals surface area contributed by atoms with Crippen LogP contribution in [0.5, 0.6) is 0 Å². The van der Waals surface area contributed by atoms with Gasteiger partial charge in [0.05, 0.1) is 0 Å². The Morgan fingerprint density at radius 3 is 1.76 bits per heavy atom. The highest BCUT2D eigenvalue weighted by Gasteiger charge is 2.23. The van der Waals surface area contributed by atoms with E-state index in [1.54, 1.807) is 0 Å². The Kier molecular flexibility index (Phi) is 4.72. The molecule has 3 rings (SSSR count). The van der Waals surface area contributed by atoms with Gasteiger partial charge in [-0.15, -0.1) is 0 Å². The Hall–Kier alpha value is -1.60. The fraction of sp³-hybridized carbons (Fsp3) is 0.400. The molecule has 0 radical (unpaired) electrons. The summed E-state index contributed by atoms with van der Waals surface area (Å²) in [5.74, 6) is 0.503. The second-order valence-corrected chi connectivity index (χ2v) is 6.20. The molecule has 110 valence electrons. The number of hydrogen-bond acceptors (Lipinski definition) is 1. The molecule has 2 aromatic rings. The Labute approximate surface area is 128 Å². The zero-order valence-corrected chi connectivity index (χ0v) is 12.9. The molecule has 2 aromatic carbocycles. The van der Waals surface area contributed by atoms with Crippen LogP contribution in [0, 0.1) is 0 Å². The minimum atomic E-state index is 0.503. The molecule has 1 fully saturated rings. The van der Waals surface area contributed by atoms with Crippen molar-refractivity contribution in [2.45, 2.75) is 38.1 Å². The average molecular weight is 279 g/mol. The number of benzene rings is 2. The van der Waals surface area contributed by atoms with Gasteiger partial charge in [-0.25, -0.2) is 0 Å². The third kappa shape index (κ3) is 3.54. The van der Waals surface area contributed by atoms with Gasteiger partial charge in [0.2, 0.25) is 0 Å². The quantitative estimate of drug-likeness (QED) is 0.767. The molecule has 1 heterocycles. The summed E-state index contributed by atoms with van der Waals surface area (Å²) in [7, 11) is 0. The van der Waals surface area contributed by atoms with Gasteiger partial charge in [-0.05, 0) is 50.4 Å². The summed E-state index contributed by atoms with van der Waals surface area (Å²) in [4.78, 5) is 2.65. The van der Waals surface area contributed by atoms with Crippen LogP contribution in [0.3, 0.4) is 0 Å². The fourth-order valence-corrected chi connectivity index (χ4v) is 3.51. The molecule has 0 spiro atoms. The Balaban J connectivity index is 1.82. The van der Waals surface area contributed by atoms with E-state index in [0.717, 1.165) is 0 Å². The smallest absolute Gasteiger partial charge is 0.0104 e. The predicted molar refractivity (Wildman–Crippen MR) is 89.6 cm³/mol. The number of hydrogen-bond donors (Lipinski definition) is 0. The van der Waals surface area contributed by atoms with Crippen LogP contribution in [-0.2, 0) is 0 Å². The molecule has 1 saturated heterocycles. The lowest BCUT2D eigenvalue weighted by Crippen LogP contribution is -2.31. The summed E-state index contributed by atoms with van der Waals surface area (Å²) in [6.45, 7) is 4.94. The monoisotopic (exact) mass is 279 g/mol. The van der Waals surface area contributed by atoms with Crippen LogP contribution in [0.15, 0.2) is 60.7 Å². The summed E-state index contributed by atoms with van der Waals surface area (Å²) < 4.78 is 0. The van der Waals surface area contributed by atoms with Crippen molar-refractivity contribution in [2.24, 2.45) is 0 Å². The van der Waals surface area contributed by atoms with E-state index >= 15 is 0 Å². The van der Waals surface area contributed by atoms with Gasteiger partial charge in [0.15, 0.2) is 0 Å². The van der Waals surface area contributed by atoms with Crippen molar-refractivity contribution >= 4 is 0 Å². The molecule has 0 saturated carbocycles. The van der Waals surface area contributed by atoms with Gasteiger partial charge < -0.3 is 4.90 Å². The van der Waals surface area contributed by atoms with E-state index in [1.165, 1.54) is 43.5 Å². The van der Waals surface area contributed by atoms with E-state index in [9.17, 15) is 0 Å². The summed E-state index contributed by atoms with van der Waals surface area (Å²) in [5.41, 5.74) is 2.88. The van der Waals surface area contributed by atoms with Crippen LogP contribution in [0.2, 0.25) is 0 Å². The molecule has 21 heavy (non-hydrogen) atoms. The Morgan fingerprint density at radius 1 is 0.810 bits per heavy atom. The number of likely N-dealkylation sites (tertiary alicyclic amines) is 1. The molecule has 1 unspecified atom stereocenters. The maximum Gasteiger partial charge on any atom is 0.0104 e. The van der Waals surface area contributed by atoms with Gasteiger partial charge in [-0.3, -0.25) is 0 Å². The first-order valence-corrected chi connectivity index (χ1v) is 8.18. The second-order valence-electron chi connectivity index (χ2n) is 6.20. The van der Waals surface area contributed by atoms with Crippen LogP contribution in [-0.4, -0.2) is 24.0 Å². The van der Waals surface area contributed by atoms with Crippen LogP contribution in [0.1, 0.15) is 43.2 Å². The average Bonchev–Trinajstić information content (AvgIpc) is 3.09. The SMILES string of the molecule is CC(CC(c1ccccc1)c1ccccc1)N1CCCC1. The van der Waals surface area contributed by atoms with E-state index < -0.39 is 0 Å². The third-order valence-electron chi connectivity index (χ3n) is 4.74. The summed E-state index contributed by atoms with van der Waals surface area (Å²) >= 11 is 0. The van der Waals surface area contributed by atoms with Crippen LogP contribution in [0.25, 0.3) is 0 Å². The van der Waals surface area contributed by atoms with E-state index in [1.807, 2.05) is 0 Å². The molecule has 0 aliphatic carbocycles. The number of rotatable bonds is 5. The molecule has 0 amide bonds. The maximum absolute atomic E-state index is 2.65. The summed E-state index contributed by atoms with van der Waals surface area (Å²) in [6.07, 6.45) is 3.94. The topological polar surface area (TPSA) is 3.24 Å². The van der Waals surface area contributed by atoms with Crippen molar-refractivity contribution in [3.8, 4) is 0 Å². The van der Waals surface area contributed by atoms with Crippen molar-refractivity contribution in [3.05, 3.63) is 71.8 Å². The lowest BCUT2D eigenvalue weighted by molar-refractivity contribution is 0.241. The molecular formula is C20H25N. The minimum Gasteiger partial charge on any atom is -0.301 e. The van der Waals surface area contributed by atoms with Crippen molar-refractivity contribution in [1.82, 2.24) is 4.90 Å². The van der Waals surface area contributed by atoms with Gasteiger partial charge in [-0.2, -0.15) is 0 Å². The van der Waals surface area contributed by atoms with Gasteiger partial charge in [0.1, 0.15) is 0 Å². The van der Waals surface area contributed by atoms with Crippen molar-refractivity contribution in [3.63, 3.8) is 0 Å². The van der Waals surface area contributed by atoms with Gasteiger partial charge in [0, 0.05) is 12.0 Å². The van der Waals surface area contributed by atoms with E-state index in [-0.39, 0.29) is 0 Å². The zero-order valence-electron chi connectivity index (χ0n) is 12.9. The van der Waals surface area contributed by atoms with E-state index in [2.05, 4.69) is 72.5 Å². The molecule has 1 aliphatic rings. The summed E-state index contributed by atoms with van der Waals surface area (Å²) in [5, 5.41) is 0. The van der Waals surface area contributed by atoms with Gasteiger partial charge in [-0.1, -0.05) is 60.7 Å². The normalized spacial score (nSPS) is 17.2. The molecule has 1 nitrogen and oxygen atoms in total. The van der Waals surface area contributed by atoms with E-state index in [4.69, 9.17) is 0 Å². The highest BCUT2D eigenvalue weighted by atomic mass is 15.2. The van der Waals surface area contributed by atoms with Gasteiger partial charge >= 0.3 is 0 Å². The largest absolute Gasteiger partial charge is 0.301 e. The Bertz CT molecular complexity index is 489. The lowest BCUT2D eigenvalue weighted by atomic mass is 9.86. The van der Waals surface area contributed by atoms with Crippen molar-refractivity contribution in [1.29, 1.82) is 0 Å². The molecule has 1 atom stereocenters. The fourth-order valence-electron chi connectivity index (χ4n) is 3.51. The summed E-state index contributed by atoms with van der Waals surface area (Å²) in [6, 6.07) is 22.6. The first kappa shape index (κ1) is 14.3. The highest BCUT2D eigenvalue weighted by molar-refractivity contribution is 5.32. The third-order valence-corrected chi connectivity index (χ3v) is 4.74. The van der Waals surface area contributed by atoms with Crippen LogP contribution in [0.4, 0.5) is 0 Å². The molecule has 0 N–H and O–H groups in total. The van der Waals surface area contributed by atoms with Crippen LogP contribution >= 0.6 is 0 Å². The van der Waals surface area contributed by atoms with E-state index in [0.29, 0.717) is 12.0 Å². The van der Waals surface area contributed by atoms with Crippen molar-refractivity contribution < 1.29 is 0 Å². The molecule has 1 aliphatic heterocycles. The highest BCUT2D eigenvalue weighted by Crippen LogP contribution is 2.31. The molecule has 1 heteroatoms. The van der Waals surface area contributed by atoms with Crippen LogP contribution < -0.4 is 0 Å². The zero-order chi connectivity index (χ0) is 14.5. The maximum atomic E-state index is 2.65. The molecule has 0 aromatic heterocycles. The predicted octanol–water partition coefficient (Wildman–Crippen LogP) is 4.69. The number of nitrogens with zero attached hydrogens (tertiary/aromatic N) is 1. The second kappa shape index (κ2) is 6.91. The van der Waals surface area contributed by atoms with Crippen molar-refractivity contribution in [2.75, 3.05) is 13.1 Å². The molecule has 0 bridgehead atoms. The molecular weight excluding hydrogens is 254 g/mol. The van der Waals surface area contributed by atoms with Gasteiger partial charge in [0.25, 0.3) is 0 Å². The Morgan fingerprint density at radius 2 is 1.29 bits per heavy atom.